The molecule has 0 unspecified atom stereocenters. The summed E-state index contributed by atoms with van der Waals surface area (Å²) in [5, 5.41) is 27.8. The number of pyridine rings is 1. The summed E-state index contributed by atoms with van der Waals surface area (Å²) in [5.41, 5.74) is 0.595. The quantitative estimate of drug-likeness (QED) is 0.721. The summed E-state index contributed by atoms with van der Waals surface area (Å²) in [6.45, 7) is 1.84. The number of carbonyl (C=O) groups is 1. The molecule has 0 saturated carbocycles. The van der Waals surface area contributed by atoms with Crippen LogP contribution in [0.1, 0.15) is 23.0 Å². The molecule has 2 N–H and O–H groups in total. The van der Waals surface area contributed by atoms with Gasteiger partial charge in [0.25, 0.3) is 0 Å². The highest BCUT2D eigenvalue weighted by molar-refractivity contribution is 6.30. The van der Waals surface area contributed by atoms with Gasteiger partial charge in [-0.25, -0.2) is 9.78 Å². The number of hydrogen-bond acceptors (Lipinski definition) is 7. The molecule has 0 saturated heterocycles. The first kappa shape index (κ1) is 15.8. The number of nitrogens with one attached hydrogen (secondary N) is 1. The van der Waals surface area contributed by atoms with Gasteiger partial charge in [-0.3, -0.25) is 0 Å². The average Bonchev–Trinajstić information content (AvgIpc) is 3.10. The molecule has 10 heteroatoms. The molecule has 24 heavy (non-hydrogen) atoms. The van der Waals surface area contributed by atoms with E-state index in [2.05, 4.69) is 30.7 Å². The zero-order valence-corrected chi connectivity index (χ0v) is 13.3. The number of hydrogen-bond donors (Lipinski definition) is 2. The van der Waals surface area contributed by atoms with Crippen LogP contribution >= 0.6 is 11.6 Å². The topological polar surface area (TPSA) is 119 Å². The normalized spacial score (nSPS) is 10.6. The third kappa shape index (κ3) is 3.01. The Bertz CT molecular complexity index is 883. The maximum Gasteiger partial charge on any atom is 0.358 e. The Morgan fingerprint density at radius 2 is 2.04 bits per heavy atom. The Morgan fingerprint density at radius 3 is 2.71 bits per heavy atom. The largest absolute Gasteiger partial charge is 0.476 e. The third-order valence-electron chi connectivity index (χ3n) is 3.19. The molecule has 3 aromatic heterocycles. The Hall–Kier alpha value is -3.07. The van der Waals surface area contributed by atoms with E-state index in [4.69, 9.17) is 11.6 Å². The molecule has 9 nitrogen and oxygen atoms in total. The van der Waals surface area contributed by atoms with E-state index in [1.807, 2.05) is 6.92 Å². The molecule has 3 rings (SSSR count). The summed E-state index contributed by atoms with van der Waals surface area (Å²) in [6.07, 6.45) is 3.55. The van der Waals surface area contributed by atoms with E-state index < -0.39 is 5.97 Å². The monoisotopic (exact) mass is 345 g/mol. The van der Waals surface area contributed by atoms with Gasteiger partial charge < -0.3 is 10.4 Å². The van der Waals surface area contributed by atoms with Crippen LogP contribution in [-0.2, 0) is 6.42 Å². The fraction of sp³-hybridized carbons (Fsp3) is 0.143. The predicted octanol–water partition coefficient (Wildman–Crippen LogP) is 2.11. The molecule has 0 spiro atoms. The minimum atomic E-state index is -1.21. The van der Waals surface area contributed by atoms with Crippen LogP contribution < -0.4 is 5.32 Å². The molecule has 0 bridgehead atoms. The van der Waals surface area contributed by atoms with Crippen molar-refractivity contribution >= 4 is 29.1 Å². The van der Waals surface area contributed by atoms with Crippen LogP contribution in [0.3, 0.4) is 0 Å². The highest BCUT2D eigenvalue weighted by atomic mass is 35.5. The van der Waals surface area contributed by atoms with Gasteiger partial charge in [-0.1, -0.05) is 24.6 Å². The number of carboxylic acids is 1. The molecule has 0 amide bonds. The molecule has 0 atom stereocenters. The third-order valence-corrected chi connectivity index (χ3v) is 3.50. The van der Waals surface area contributed by atoms with Crippen LogP contribution in [0.5, 0.6) is 0 Å². The molecule has 3 aromatic rings. The molecular formula is C14H12ClN7O2. The highest BCUT2D eigenvalue weighted by Gasteiger charge is 2.20. The fourth-order valence-electron chi connectivity index (χ4n) is 2.12. The van der Waals surface area contributed by atoms with Gasteiger partial charge in [0.15, 0.2) is 16.7 Å². The molecule has 0 aromatic carbocycles. The standard InChI is InChI=1S/C14H12ClN7O2/c1-2-8-11(12(14(23)24)20-21-13(8)15)19-9-4-3-5-10(18-9)22-16-6-7-17-22/h3-7H,2H2,1H3,(H,23,24)(H,18,19,21). The Balaban J connectivity index is 2.04. The minimum absolute atomic E-state index is 0.148. The molecule has 0 fully saturated rings. The Labute approximate surface area is 141 Å². The zero-order chi connectivity index (χ0) is 17.1. The summed E-state index contributed by atoms with van der Waals surface area (Å²) in [6, 6.07) is 5.16. The first-order valence-electron chi connectivity index (χ1n) is 6.99. The van der Waals surface area contributed by atoms with Crippen molar-refractivity contribution < 1.29 is 9.90 Å². The summed E-state index contributed by atoms with van der Waals surface area (Å²) in [4.78, 5) is 17.1. The van der Waals surface area contributed by atoms with E-state index in [9.17, 15) is 9.90 Å². The smallest absolute Gasteiger partial charge is 0.358 e. The number of halogens is 1. The number of aromatic nitrogens is 6. The fourth-order valence-corrected chi connectivity index (χ4v) is 2.39. The first-order chi connectivity index (χ1) is 11.6. The maximum absolute atomic E-state index is 11.4. The molecule has 122 valence electrons. The van der Waals surface area contributed by atoms with Crippen molar-refractivity contribution in [2.45, 2.75) is 13.3 Å². The first-order valence-corrected chi connectivity index (χ1v) is 7.37. The molecule has 0 aliphatic carbocycles. The van der Waals surface area contributed by atoms with Crippen LogP contribution in [0, 0.1) is 0 Å². The van der Waals surface area contributed by atoms with Crippen LogP contribution in [0.4, 0.5) is 11.5 Å². The summed E-state index contributed by atoms with van der Waals surface area (Å²) >= 11 is 6.03. The summed E-state index contributed by atoms with van der Waals surface area (Å²) < 4.78 is 0. The lowest BCUT2D eigenvalue weighted by Gasteiger charge is -2.13. The van der Waals surface area contributed by atoms with Gasteiger partial charge in [-0.2, -0.15) is 10.2 Å². The van der Waals surface area contributed by atoms with Crippen LogP contribution in [0.25, 0.3) is 5.82 Å². The van der Waals surface area contributed by atoms with E-state index in [0.29, 0.717) is 23.6 Å². The van der Waals surface area contributed by atoms with Crippen molar-refractivity contribution in [1.82, 2.24) is 30.2 Å². The second kappa shape index (κ2) is 6.59. The lowest BCUT2D eigenvalue weighted by Crippen LogP contribution is -2.12. The lowest BCUT2D eigenvalue weighted by atomic mass is 10.1. The van der Waals surface area contributed by atoms with E-state index >= 15 is 0 Å². The van der Waals surface area contributed by atoms with Crippen molar-refractivity contribution in [2.24, 2.45) is 0 Å². The van der Waals surface area contributed by atoms with E-state index in [1.165, 1.54) is 17.2 Å². The Morgan fingerprint density at radius 1 is 1.29 bits per heavy atom. The average molecular weight is 346 g/mol. The van der Waals surface area contributed by atoms with Crippen molar-refractivity contribution in [3.8, 4) is 5.82 Å². The molecule has 0 radical (unpaired) electrons. The van der Waals surface area contributed by atoms with Gasteiger partial charge in [0.2, 0.25) is 0 Å². The summed E-state index contributed by atoms with van der Waals surface area (Å²) in [5.74, 6) is -0.319. The summed E-state index contributed by atoms with van der Waals surface area (Å²) in [7, 11) is 0. The zero-order valence-electron chi connectivity index (χ0n) is 12.5. The molecule has 3 heterocycles. The van der Waals surface area contributed by atoms with Gasteiger partial charge in [-0.05, 0) is 18.6 Å². The number of nitrogens with zero attached hydrogens (tertiary/aromatic N) is 6. The Kier molecular flexibility index (Phi) is 4.34. The number of aromatic carboxylic acids is 1. The van der Waals surface area contributed by atoms with Gasteiger partial charge in [0, 0.05) is 5.56 Å². The van der Waals surface area contributed by atoms with Crippen molar-refractivity contribution in [3.63, 3.8) is 0 Å². The minimum Gasteiger partial charge on any atom is -0.476 e. The second-order valence-corrected chi connectivity index (χ2v) is 5.03. The van der Waals surface area contributed by atoms with Crippen molar-refractivity contribution in [3.05, 3.63) is 47.0 Å². The van der Waals surface area contributed by atoms with Gasteiger partial charge in [0.1, 0.15) is 5.82 Å². The van der Waals surface area contributed by atoms with Crippen molar-refractivity contribution in [1.29, 1.82) is 0 Å². The molecule has 0 aliphatic rings. The molecule has 0 aliphatic heterocycles. The lowest BCUT2D eigenvalue weighted by molar-refractivity contribution is 0.0690. The number of anilines is 2. The second-order valence-electron chi connectivity index (χ2n) is 4.68. The van der Waals surface area contributed by atoms with Crippen LogP contribution in [0.15, 0.2) is 30.6 Å². The number of rotatable bonds is 5. The predicted molar refractivity (Wildman–Crippen MR) is 85.8 cm³/mol. The maximum atomic E-state index is 11.4. The number of carboxylic acid groups (broad SMARTS) is 1. The molecular weight excluding hydrogens is 334 g/mol. The van der Waals surface area contributed by atoms with Gasteiger partial charge in [-0.15, -0.1) is 15.0 Å². The highest BCUT2D eigenvalue weighted by Crippen LogP contribution is 2.28. The van der Waals surface area contributed by atoms with Crippen LogP contribution in [0.2, 0.25) is 5.15 Å². The van der Waals surface area contributed by atoms with E-state index in [-0.39, 0.29) is 16.5 Å². The van der Waals surface area contributed by atoms with Crippen LogP contribution in [-0.4, -0.2) is 41.3 Å². The van der Waals surface area contributed by atoms with E-state index in [1.54, 1.807) is 18.2 Å². The SMILES string of the molecule is CCc1c(Cl)nnc(C(=O)O)c1Nc1cccc(-n2nccn2)n1. The van der Waals surface area contributed by atoms with Crippen molar-refractivity contribution in [2.75, 3.05) is 5.32 Å². The van der Waals surface area contributed by atoms with E-state index in [0.717, 1.165) is 0 Å². The van der Waals surface area contributed by atoms with Gasteiger partial charge in [0.05, 0.1) is 18.1 Å². The van der Waals surface area contributed by atoms with Gasteiger partial charge >= 0.3 is 5.97 Å².